The number of nitrogens with one attached hydrogen (secondary N) is 2. The summed E-state index contributed by atoms with van der Waals surface area (Å²) in [5.41, 5.74) is 3.81. The van der Waals surface area contributed by atoms with Gasteiger partial charge in [0.1, 0.15) is 11.6 Å². The van der Waals surface area contributed by atoms with E-state index in [-0.39, 0.29) is 5.82 Å². The molecule has 2 aromatic carbocycles. The van der Waals surface area contributed by atoms with Gasteiger partial charge in [0, 0.05) is 28.7 Å². The average Bonchev–Trinajstić information content (AvgIpc) is 2.96. The summed E-state index contributed by atoms with van der Waals surface area (Å²) < 4.78 is 13.3. The van der Waals surface area contributed by atoms with Crippen LogP contribution in [0.5, 0.6) is 0 Å². The number of hydrogen-bond acceptors (Lipinski definition) is 4. The summed E-state index contributed by atoms with van der Waals surface area (Å²) in [7, 11) is 0. The van der Waals surface area contributed by atoms with Gasteiger partial charge < -0.3 is 10.3 Å². The van der Waals surface area contributed by atoms with Crippen molar-refractivity contribution in [1.82, 2.24) is 20.2 Å². The monoisotopic (exact) mass is 333 g/mol. The van der Waals surface area contributed by atoms with Crippen molar-refractivity contribution in [2.24, 2.45) is 0 Å². The zero-order chi connectivity index (χ0) is 17.2. The van der Waals surface area contributed by atoms with Crippen LogP contribution < -0.4 is 5.32 Å². The average molecular weight is 333 g/mol. The highest BCUT2D eigenvalue weighted by Gasteiger charge is 2.13. The lowest BCUT2D eigenvalue weighted by Gasteiger charge is -2.07. The third-order valence-electron chi connectivity index (χ3n) is 4.04. The Morgan fingerprint density at radius 3 is 2.88 bits per heavy atom. The molecule has 0 amide bonds. The molecule has 4 aromatic rings. The molecular formula is C19H16FN5. The lowest BCUT2D eigenvalue weighted by molar-refractivity contribution is 0.626. The second kappa shape index (κ2) is 6.32. The van der Waals surface area contributed by atoms with Crippen LogP contribution in [-0.2, 0) is 6.54 Å². The van der Waals surface area contributed by atoms with E-state index in [4.69, 9.17) is 0 Å². The second-order valence-corrected chi connectivity index (χ2v) is 5.82. The van der Waals surface area contributed by atoms with Gasteiger partial charge in [-0.05, 0) is 30.7 Å². The fraction of sp³-hybridized carbons (Fsp3) is 0.105. The van der Waals surface area contributed by atoms with Gasteiger partial charge in [0.05, 0.1) is 6.20 Å². The van der Waals surface area contributed by atoms with Gasteiger partial charge >= 0.3 is 0 Å². The first kappa shape index (κ1) is 15.3. The van der Waals surface area contributed by atoms with E-state index in [0.717, 1.165) is 27.7 Å². The van der Waals surface area contributed by atoms with Crippen LogP contribution in [0.15, 0.2) is 54.7 Å². The number of nitrogens with zero attached hydrogens (tertiary/aromatic N) is 3. The number of fused-ring (bicyclic) bond motifs is 1. The first-order chi connectivity index (χ1) is 12.2. The van der Waals surface area contributed by atoms with Gasteiger partial charge in [-0.2, -0.15) is 5.10 Å². The van der Waals surface area contributed by atoms with Gasteiger partial charge in [0.2, 0.25) is 0 Å². The Morgan fingerprint density at radius 1 is 1.12 bits per heavy atom. The summed E-state index contributed by atoms with van der Waals surface area (Å²) in [5, 5.41) is 12.5. The van der Waals surface area contributed by atoms with E-state index in [0.29, 0.717) is 18.2 Å². The van der Waals surface area contributed by atoms with Crippen molar-refractivity contribution in [3.8, 4) is 11.4 Å². The molecule has 6 heteroatoms. The van der Waals surface area contributed by atoms with Crippen molar-refractivity contribution >= 4 is 16.7 Å². The number of anilines is 1. The molecule has 4 rings (SSSR count). The quantitative estimate of drug-likeness (QED) is 0.590. The molecule has 0 aliphatic heterocycles. The van der Waals surface area contributed by atoms with Crippen molar-refractivity contribution in [1.29, 1.82) is 0 Å². The molecule has 0 aliphatic rings. The predicted molar refractivity (Wildman–Crippen MR) is 95.6 cm³/mol. The predicted octanol–water partition coefficient (Wildman–Crippen LogP) is 4.08. The SMILES string of the molecule is Cc1[nH]c2ccccc2c1-c1nncc(NCc2cccc(F)c2)n1. The van der Waals surface area contributed by atoms with Crippen LogP contribution in [0.4, 0.5) is 10.2 Å². The fourth-order valence-electron chi connectivity index (χ4n) is 2.90. The van der Waals surface area contributed by atoms with E-state index in [1.54, 1.807) is 12.3 Å². The summed E-state index contributed by atoms with van der Waals surface area (Å²) in [6.07, 6.45) is 1.56. The summed E-state index contributed by atoms with van der Waals surface area (Å²) in [6, 6.07) is 14.5. The molecule has 0 fully saturated rings. The topological polar surface area (TPSA) is 66.5 Å². The summed E-state index contributed by atoms with van der Waals surface area (Å²) in [4.78, 5) is 7.90. The Kier molecular flexibility index (Phi) is 3.85. The number of halogens is 1. The van der Waals surface area contributed by atoms with Crippen LogP contribution >= 0.6 is 0 Å². The number of aromatic amines is 1. The number of hydrogen-bond donors (Lipinski definition) is 2. The summed E-state index contributed by atoms with van der Waals surface area (Å²) in [6.45, 7) is 2.45. The standard InChI is InChI=1S/C19H16FN5/c1-12-18(15-7-2-3-8-16(15)23-12)19-24-17(11-22-25-19)21-10-13-5-4-6-14(20)9-13/h2-9,11,23H,10H2,1H3,(H,21,24,25). The molecule has 0 saturated carbocycles. The molecule has 2 heterocycles. The fourth-order valence-corrected chi connectivity index (χ4v) is 2.90. The Labute approximate surface area is 144 Å². The minimum absolute atomic E-state index is 0.254. The van der Waals surface area contributed by atoms with Crippen molar-refractivity contribution in [3.63, 3.8) is 0 Å². The molecule has 0 saturated heterocycles. The van der Waals surface area contributed by atoms with Crippen molar-refractivity contribution in [2.45, 2.75) is 13.5 Å². The largest absolute Gasteiger partial charge is 0.365 e. The molecule has 0 unspecified atom stereocenters. The number of H-pyrrole nitrogens is 1. The maximum atomic E-state index is 13.3. The smallest absolute Gasteiger partial charge is 0.186 e. The molecule has 0 radical (unpaired) electrons. The zero-order valence-corrected chi connectivity index (χ0v) is 13.6. The summed E-state index contributed by atoms with van der Waals surface area (Å²) >= 11 is 0. The Hall–Kier alpha value is -3.28. The van der Waals surface area contributed by atoms with Gasteiger partial charge in [-0.15, -0.1) is 5.10 Å². The Balaban J connectivity index is 1.64. The lowest BCUT2D eigenvalue weighted by Crippen LogP contribution is -2.04. The second-order valence-electron chi connectivity index (χ2n) is 5.82. The number of rotatable bonds is 4. The van der Waals surface area contributed by atoms with Gasteiger partial charge in [-0.3, -0.25) is 0 Å². The normalized spacial score (nSPS) is 11.0. The molecule has 0 aliphatic carbocycles. The highest BCUT2D eigenvalue weighted by molar-refractivity contribution is 5.95. The highest BCUT2D eigenvalue weighted by atomic mass is 19.1. The van der Waals surface area contributed by atoms with Crippen LogP contribution in [-0.4, -0.2) is 20.2 Å². The molecule has 0 spiro atoms. The van der Waals surface area contributed by atoms with Crippen LogP contribution in [0.3, 0.4) is 0 Å². The number of benzene rings is 2. The maximum absolute atomic E-state index is 13.3. The number of aryl methyl sites for hydroxylation is 1. The van der Waals surface area contributed by atoms with Gasteiger partial charge in [-0.1, -0.05) is 30.3 Å². The molecule has 2 aromatic heterocycles. The molecule has 5 nitrogen and oxygen atoms in total. The maximum Gasteiger partial charge on any atom is 0.186 e. The molecule has 25 heavy (non-hydrogen) atoms. The molecule has 0 bridgehead atoms. The van der Waals surface area contributed by atoms with E-state index >= 15 is 0 Å². The lowest BCUT2D eigenvalue weighted by atomic mass is 10.1. The van der Waals surface area contributed by atoms with E-state index < -0.39 is 0 Å². The van der Waals surface area contributed by atoms with Crippen LogP contribution in [0.1, 0.15) is 11.3 Å². The zero-order valence-electron chi connectivity index (χ0n) is 13.6. The van der Waals surface area contributed by atoms with E-state index in [1.165, 1.54) is 12.1 Å². The minimum Gasteiger partial charge on any atom is -0.365 e. The molecule has 0 atom stereocenters. The van der Waals surface area contributed by atoms with E-state index in [1.807, 2.05) is 37.3 Å². The summed E-state index contributed by atoms with van der Waals surface area (Å²) in [5.74, 6) is 0.897. The first-order valence-electron chi connectivity index (χ1n) is 7.96. The van der Waals surface area contributed by atoms with E-state index in [9.17, 15) is 4.39 Å². The third-order valence-corrected chi connectivity index (χ3v) is 4.04. The van der Waals surface area contributed by atoms with Crippen LogP contribution in [0.2, 0.25) is 0 Å². The molecule has 2 N–H and O–H groups in total. The van der Waals surface area contributed by atoms with Gasteiger partial charge in [0.25, 0.3) is 0 Å². The van der Waals surface area contributed by atoms with Crippen molar-refractivity contribution < 1.29 is 4.39 Å². The highest BCUT2D eigenvalue weighted by Crippen LogP contribution is 2.29. The number of aromatic nitrogens is 4. The van der Waals surface area contributed by atoms with Crippen LogP contribution in [0, 0.1) is 12.7 Å². The minimum atomic E-state index is -0.254. The van der Waals surface area contributed by atoms with Crippen LogP contribution in [0.25, 0.3) is 22.3 Å². The third kappa shape index (κ3) is 3.06. The Morgan fingerprint density at radius 2 is 2.00 bits per heavy atom. The first-order valence-corrected chi connectivity index (χ1v) is 7.96. The molecular weight excluding hydrogens is 317 g/mol. The number of para-hydroxylation sites is 1. The van der Waals surface area contributed by atoms with Gasteiger partial charge in [-0.25, -0.2) is 9.37 Å². The molecule has 124 valence electrons. The van der Waals surface area contributed by atoms with E-state index in [2.05, 4.69) is 25.5 Å². The van der Waals surface area contributed by atoms with Crippen molar-refractivity contribution in [2.75, 3.05) is 5.32 Å². The Bertz CT molecular complexity index is 1040. The van der Waals surface area contributed by atoms with Gasteiger partial charge in [0.15, 0.2) is 5.82 Å². The van der Waals surface area contributed by atoms with Crippen molar-refractivity contribution in [3.05, 3.63) is 71.8 Å².